The molecule has 0 atom stereocenters. The second kappa shape index (κ2) is 9.19. The zero-order valence-corrected chi connectivity index (χ0v) is 17.2. The second-order valence-electron chi connectivity index (χ2n) is 7.18. The van der Waals surface area contributed by atoms with Crippen LogP contribution in [0.15, 0.2) is 72.8 Å². The topological polar surface area (TPSA) is 71.3 Å². The van der Waals surface area contributed by atoms with Gasteiger partial charge in [-0.3, -0.25) is 0 Å². The third-order valence-corrected chi connectivity index (χ3v) is 5.36. The van der Waals surface area contributed by atoms with Crippen LogP contribution in [-0.4, -0.2) is 26.4 Å². The summed E-state index contributed by atoms with van der Waals surface area (Å²) in [4.78, 5) is 12.2. The molecule has 0 bridgehead atoms. The van der Waals surface area contributed by atoms with Crippen LogP contribution >= 0.6 is 0 Å². The molecule has 1 aliphatic carbocycles. The number of amides is 1. The molecule has 0 saturated carbocycles. The quantitative estimate of drug-likeness (QED) is 0.612. The number of fused-ring (bicyclic) bond motifs is 3. The van der Waals surface area contributed by atoms with Crippen LogP contribution in [0.5, 0.6) is 5.75 Å². The zero-order valence-electron chi connectivity index (χ0n) is 17.2. The summed E-state index contributed by atoms with van der Waals surface area (Å²) >= 11 is 0. The third kappa shape index (κ3) is 4.29. The number of nitrogens with zero attached hydrogens (tertiary/aromatic N) is 1. The number of hydrogen-bond acceptors (Lipinski definition) is 4. The smallest absolute Gasteiger partial charge is 0.407 e. The van der Waals surface area contributed by atoms with E-state index in [0.29, 0.717) is 17.9 Å². The number of carbonyl (C=O) groups is 1. The van der Waals surface area contributed by atoms with Crippen molar-refractivity contribution in [3.63, 3.8) is 0 Å². The second-order valence-corrected chi connectivity index (χ2v) is 7.18. The summed E-state index contributed by atoms with van der Waals surface area (Å²) in [5.74, 6) is 0.564. The van der Waals surface area contributed by atoms with Crippen LogP contribution in [-0.2, 0) is 4.74 Å². The predicted octanol–water partition coefficient (Wildman–Crippen LogP) is 5.12. The van der Waals surface area contributed by atoms with Crippen molar-refractivity contribution in [2.24, 2.45) is 0 Å². The highest BCUT2D eigenvalue weighted by atomic mass is 16.5. The minimum Gasteiger partial charge on any atom is -0.495 e. The monoisotopic (exact) mass is 410 g/mol. The summed E-state index contributed by atoms with van der Waals surface area (Å²) in [6.45, 7) is 0.620. The van der Waals surface area contributed by atoms with Crippen LogP contribution < -0.4 is 10.1 Å². The number of hydrogen-bond donors (Lipinski definition) is 1. The molecule has 1 aliphatic rings. The Morgan fingerprint density at radius 1 is 1.06 bits per heavy atom. The number of nitrogens with one attached hydrogen (secondary N) is 1. The van der Waals surface area contributed by atoms with Crippen molar-refractivity contribution in [3.05, 3.63) is 95.1 Å². The Labute approximate surface area is 181 Å². The van der Waals surface area contributed by atoms with Gasteiger partial charge in [-0.05, 0) is 39.9 Å². The van der Waals surface area contributed by atoms with Gasteiger partial charge in [0, 0.05) is 12.5 Å². The normalized spacial score (nSPS) is 12.1. The van der Waals surface area contributed by atoms with E-state index >= 15 is 0 Å². The Morgan fingerprint density at radius 3 is 2.39 bits per heavy atom. The molecule has 154 valence electrons. The molecule has 3 aromatic rings. The molecule has 5 heteroatoms. The van der Waals surface area contributed by atoms with Gasteiger partial charge in [0.2, 0.25) is 0 Å². The van der Waals surface area contributed by atoms with Crippen LogP contribution in [0.25, 0.3) is 17.2 Å². The Hall–Kier alpha value is -4.04. The van der Waals surface area contributed by atoms with E-state index in [9.17, 15) is 4.79 Å². The highest BCUT2D eigenvalue weighted by Gasteiger charge is 2.28. The highest BCUT2D eigenvalue weighted by Crippen LogP contribution is 2.44. The average molecular weight is 410 g/mol. The lowest BCUT2D eigenvalue weighted by molar-refractivity contribution is 0.144. The van der Waals surface area contributed by atoms with Gasteiger partial charge in [0.05, 0.1) is 12.7 Å². The Kier molecular flexibility index (Phi) is 6.00. The van der Waals surface area contributed by atoms with Crippen molar-refractivity contribution in [2.45, 2.75) is 5.92 Å². The molecule has 0 spiro atoms. The van der Waals surface area contributed by atoms with E-state index in [0.717, 1.165) is 5.56 Å². The first-order valence-corrected chi connectivity index (χ1v) is 10.0. The van der Waals surface area contributed by atoms with Gasteiger partial charge in [-0.15, -0.1) is 0 Å². The van der Waals surface area contributed by atoms with Gasteiger partial charge in [-0.2, -0.15) is 5.26 Å². The third-order valence-electron chi connectivity index (χ3n) is 5.36. The molecular weight excluding hydrogens is 388 g/mol. The lowest BCUT2D eigenvalue weighted by Crippen LogP contribution is -2.26. The largest absolute Gasteiger partial charge is 0.495 e. The van der Waals surface area contributed by atoms with Crippen molar-refractivity contribution in [2.75, 3.05) is 20.3 Å². The summed E-state index contributed by atoms with van der Waals surface area (Å²) in [6, 6.07) is 23.9. The van der Waals surface area contributed by atoms with Gasteiger partial charge >= 0.3 is 6.09 Å². The van der Waals surface area contributed by atoms with Crippen molar-refractivity contribution in [1.82, 2.24) is 5.32 Å². The minimum absolute atomic E-state index is 0.0415. The van der Waals surface area contributed by atoms with Crippen LogP contribution in [0.4, 0.5) is 4.79 Å². The van der Waals surface area contributed by atoms with Gasteiger partial charge in [0.25, 0.3) is 0 Å². The molecule has 31 heavy (non-hydrogen) atoms. The molecule has 4 rings (SSSR count). The number of alkyl carbamates (subject to hydrolysis) is 1. The number of nitriles is 1. The van der Waals surface area contributed by atoms with E-state index in [-0.39, 0.29) is 12.5 Å². The molecule has 1 amide bonds. The lowest BCUT2D eigenvalue weighted by atomic mass is 9.98. The van der Waals surface area contributed by atoms with Gasteiger partial charge < -0.3 is 14.8 Å². The van der Waals surface area contributed by atoms with E-state index in [1.807, 2.05) is 42.5 Å². The van der Waals surface area contributed by atoms with E-state index in [1.165, 1.54) is 29.4 Å². The van der Waals surface area contributed by atoms with E-state index in [4.69, 9.17) is 14.7 Å². The molecule has 5 nitrogen and oxygen atoms in total. The maximum atomic E-state index is 12.2. The molecule has 0 unspecified atom stereocenters. The molecule has 0 heterocycles. The van der Waals surface area contributed by atoms with Gasteiger partial charge in [0.1, 0.15) is 18.4 Å². The maximum absolute atomic E-state index is 12.2. The summed E-state index contributed by atoms with van der Waals surface area (Å²) in [7, 11) is 1.53. The van der Waals surface area contributed by atoms with Crippen LogP contribution in [0, 0.1) is 11.3 Å². The Morgan fingerprint density at radius 2 is 1.74 bits per heavy atom. The fourth-order valence-corrected chi connectivity index (χ4v) is 3.89. The molecule has 0 fully saturated rings. The first-order chi connectivity index (χ1) is 15.2. The van der Waals surface area contributed by atoms with Crippen LogP contribution in [0.1, 0.15) is 28.2 Å². The van der Waals surface area contributed by atoms with Gasteiger partial charge in [-0.1, -0.05) is 66.7 Å². The number of methoxy groups -OCH3 is 1. The van der Waals surface area contributed by atoms with E-state index in [1.54, 1.807) is 12.1 Å². The molecule has 0 aliphatic heterocycles. The van der Waals surface area contributed by atoms with E-state index < -0.39 is 6.09 Å². The molecule has 0 radical (unpaired) electrons. The number of carbonyl (C=O) groups excluding carboxylic acids is 1. The predicted molar refractivity (Wildman–Crippen MR) is 120 cm³/mol. The summed E-state index contributed by atoms with van der Waals surface area (Å²) in [5, 5.41) is 11.8. The SMILES string of the molecule is COc1cc(C=CCNC(=O)OCC2c3ccccc3-c3ccccc32)ccc1C#N. The maximum Gasteiger partial charge on any atom is 0.407 e. The molecule has 3 aromatic carbocycles. The number of benzene rings is 3. The van der Waals surface area contributed by atoms with Crippen LogP contribution in [0.2, 0.25) is 0 Å². The van der Waals surface area contributed by atoms with Crippen molar-refractivity contribution >= 4 is 12.2 Å². The van der Waals surface area contributed by atoms with Gasteiger partial charge in [0.15, 0.2) is 0 Å². The fraction of sp³-hybridized carbons (Fsp3) is 0.154. The first kappa shape index (κ1) is 20.2. The molecule has 0 aromatic heterocycles. The molecular formula is C26H22N2O3. The molecule has 0 saturated heterocycles. The summed E-state index contributed by atoms with van der Waals surface area (Å²) in [6.07, 6.45) is 3.22. The van der Waals surface area contributed by atoms with Crippen molar-refractivity contribution < 1.29 is 14.3 Å². The standard InChI is InChI=1S/C26H22N2O3/c1-30-25-15-18(12-13-19(25)16-27)7-6-14-28-26(29)31-17-24-22-10-4-2-8-20(22)21-9-3-5-11-23(21)24/h2-13,15,24H,14,17H2,1H3,(H,28,29). The molecule has 1 N–H and O–H groups in total. The number of ether oxygens (including phenoxy) is 2. The summed E-state index contributed by atoms with van der Waals surface area (Å²) in [5.41, 5.74) is 6.14. The minimum atomic E-state index is -0.455. The van der Waals surface area contributed by atoms with E-state index in [2.05, 4.69) is 35.7 Å². The van der Waals surface area contributed by atoms with Gasteiger partial charge in [-0.25, -0.2) is 4.79 Å². The van der Waals surface area contributed by atoms with Crippen molar-refractivity contribution in [1.29, 1.82) is 5.26 Å². The Bertz CT molecular complexity index is 1130. The first-order valence-electron chi connectivity index (χ1n) is 10.0. The fourth-order valence-electron chi connectivity index (χ4n) is 3.89. The number of rotatable bonds is 6. The highest BCUT2D eigenvalue weighted by molar-refractivity contribution is 5.79. The lowest BCUT2D eigenvalue weighted by Gasteiger charge is -2.14. The van der Waals surface area contributed by atoms with Crippen LogP contribution in [0.3, 0.4) is 0 Å². The van der Waals surface area contributed by atoms with Crippen molar-refractivity contribution in [3.8, 4) is 22.9 Å². The summed E-state index contributed by atoms with van der Waals surface area (Å²) < 4.78 is 10.7. The average Bonchev–Trinajstić information content (AvgIpc) is 3.14. The Balaban J connectivity index is 1.32. The zero-order chi connectivity index (χ0) is 21.6.